The highest BCUT2D eigenvalue weighted by molar-refractivity contribution is 6.08. The number of nitro groups is 1. The molecular weight excluding hydrogens is 412 g/mol. The van der Waals surface area contributed by atoms with Crippen LogP contribution in [-0.4, -0.2) is 30.8 Å². The van der Waals surface area contributed by atoms with Gasteiger partial charge in [-0.2, -0.15) is 0 Å². The summed E-state index contributed by atoms with van der Waals surface area (Å²) in [6.07, 6.45) is 0. The lowest BCUT2D eigenvalue weighted by atomic mass is 10.0. The third-order valence-corrected chi connectivity index (χ3v) is 5.26. The molecule has 2 N–H and O–H groups in total. The second kappa shape index (κ2) is 7.17. The number of rotatable bonds is 4. The van der Waals surface area contributed by atoms with Crippen molar-refractivity contribution in [1.82, 2.24) is 14.8 Å². The largest absolute Gasteiger partial charge is 0.478 e. The lowest BCUT2D eigenvalue weighted by Gasteiger charge is -2.05. The van der Waals surface area contributed by atoms with Crippen molar-refractivity contribution in [3.05, 3.63) is 98.8 Å². The molecule has 0 amide bonds. The fraction of sp³-hybridized carbons (Fsp3) is 0. The minimum absolute atomic E-state index is 0.0595. The highest BCUT2D eigenvalue weighted by Crippen LogP contribution is 2.31. The number of aromatic amines is 1. The maximum absolute atomic E-state index is 13.4. The molecule has 0 aliphatic rings. The maximum atomic E-state index is 13.4. The van der Waals surface area contributed by atoms with E-state index < -0.39 is 10.9 Å². The van der Waals surface area contributed by atoms with Gasteiger partial charge in [0.25, 0.3) is 11.2 Å². The van der Waals surface area contributed by atoms with Crippen LogP contribution in [0.4, 0.5) is 5.69 Å². The SMILES string of the molecule is O=C(O)c1ccc(-n2[nH]c3c(c(-c4ccc([N+](=O)[O-])cc4)nc4ccccc43)c2=O)cc1. The van der Waals surface area contributed by atoms with Crippen LogP contribution in [0.25, 0.3) is 38.8 Å². The highest BCUT2D eigenvalue weighted by Gasteiger charge is 2.19. The number of non-ortho nitro benzene ring substituents is 1. The van der Waals surface area contributed by atoms with E-state index in [0.29, 0.717) is 33.4 Å². The van der Waals surface area contributed by atoms with Gasteiger partial charge in [0.15, 0.2) is 0 Å². The first-order chi connectivity index (χ1) is 15.4. The van der Waals surface area contributed by atoms with E-state index in [1.165, 1.54) is 28.9 Å². The Bertz CT molecular complexity index is 1580. The van der Waals surface area contributed by atoms with Crippen molar-refractivity contribution in [3.63, 3.8) is 0 Å². The average Bonchev–Trinajstić information content (AvgIpc) is 3.16. The van der Waals surface area contributed by atoms with Gasteiger partial charge in [0.05, 0.1) is 38.3 Å². The van der Waals surface area contributed by atoms with Gasteiger partial charge in [-0.3, -0.25) is 20.0 Å². The smallest absolute Gasteiger partial charge is 0.335 e. The topological polar surface area (TPSA) is 131 Å². The first-order valence-electron chi connectivity index (χ1n) is 9.56. The zero-order chi connectivity index (χ0) is 22.4. The molecule has 0 aliphatic heterocycles. The minimum Gasteiger partial charge on any atom is -0.478 e. The molecule has 2 heterocycles. The fourth-order valence-corrected chi connectivity index (χ4v) is 3.70. The lowest BCUT2D eigenvalue weighted by Crippen LogP contribution is -2.15. The first-order valence-corrected chi connectivity index (χ1v) is 9.56. The number of H-pyrrole nitrogens is 1. The van der Waals surface area contributed by atoms with E-state index >= 15 is 0 Å². The number of pyridine rings is 1. The van der Waals surface area contributed by atoms with E-state index in [2.05, 4.69) is 10.1 Å². The molecule has 0 unspecified atom stereocenters. The number of aromatic carboxylic acids is 1. The summed E-state index contributed by atoms with van der Waals surface area (Å²) in [7, 11) is 0. The first kappa shape index (κ1) is 19.2. The Balaban J connectivity index is 1.79. The minimum atomic E-state index is -1.06. The number of hydrogen-bond acceptors (Lipinski definition) is 5. The average molecular weight is 426 g/mol. The van der Waals surface area contributed by atoms with Gasteiger partial charge >= 0.3 is 5.97 Å². The number of carboxylic acids is 1. The summed E-state index contributed by atoms with van der Waals surface area (Å²) in [4.78, 5) is 39.8. The molecule has 0 fully saturated rings. The third-order valence-electron chi connectivity index (χ3n) is 5.26. The van der Waals surface area contributed by atoms with Crippen molar-refractivity contribution in [2.45, 2.75) is 0 Å². The van der Waals surface area contributed by atoms with Crippen LogP contribution in [0.15, 0.2) is 77.6 Å². The van der Waals surface area contributed by atoms with Gasteiger partial charge in [-0.1, -0.05) is 18.2 Å². The molecule has 0 aliphatic carbocycles. The molecule has 5 aromatic rings. The van der Waals surface area contributed by atoms with Crippen LogP contribution in [0, 0.1) is 10.1 Å². The summed E-state index contributed by atoms with van der Waals surface area (Å²) in [6.45, 7) is 0. The summed E-state index contributed by atoms with van der Waals surface area (Å²) in [5, 5.41) is 24.3. The number of nitro benzene ring substituents is 1. The van der Waals surface area contributed by atoms with E-state index in [9.17, 15) is 19.7 Å². The number of fused-ring (bicyclic) bond motifs is 3. The van der Waals surface area contributed by atoms with Crippen molar-refractivity contribution >= 4 is 33.5 Å². The van der Waals surface area contributed by atoms with E-state index in [1.807, 2.05) is 24.3 Å². The maximum Gasteiger partial charge on any atom is 0.335 e. The second-order valence-corrected chi connectivity index (χ2v) is 7.14. The number of hydrogen-bond donors (Lipinski definition) is 2. The molecule has 0 radical (unpaired) electrons. The summed E-state index contributed by atoms with van der Waals surface area (Å²) < 4.78 is 1.33. The third kappa shape index (κ3) is 3.00. The van der Waals surface area contributed by atoms with Gasteiger partial charge < -0.3 is 5.11 Å². The van der Waals surface area contributed by atoms with E-state index in [1.54, 1.807) is 24.3 Å². The Labute approximate surface area is 179 Å². The molecule has 0 saturated carbocycles. The summed E-state index contributed by atoms with van der Waals surface area (Å²) >= 11 is 0. The molecule has 156 valence electrons. The Morgan fingerprint density at radius 3 is 2.34 bits per heavy atom. The van der Waals surface area contributed by atoms with Gasteiger partial charge in [0.2, 0.25) is 0 Å². The number of para-hydroxylation sites is 1. The normalized spacial score (nSPS) is 11.1. The fourth-order valence-electron chi connectivity index (χ4n) is 3.70. The van der Waals surface area contributed by atoms with Crippen LogP contribution in [0.5, 0.6) is 0 Å². The second-order valence-electron chi connectivity index (χ2n) is 7.14. The number of nitrogens with one attached hydrogen (secondary N) is 1. The van der Waals surface area contributed by atoms with Gasteiger partial charge in [-0.25, -0.2) is 14.5 Å². The molecule has 0 bridgehead atoms. The number of nitrogens with zero attached hydrogens (tertiary/aromatic N) is 3. The molecule has 32 heavy (non-hydrogen) atoms. The Morgan fingerprint density at radius 2 is 1.69 bits per heavy atom. The predicted octanol–water partition coefficient (Wildman–Crippen LogP) is 4.14. The molecule has 2 aromatic heterocycles. The number of carbonyl (C=O) groups is 1. The summed E-state index contributed by atoms with van der Waals surface area (Å²) in [5.74, 6) is -1.06. The number of benzene rings is 3. The van der Waals surface area contributed by atoms with Crippen LogP contribution in [0.2, 0.25) is 0 Å². The van der Waals surface area contributed by atoms with Gasteiger partial charge in [0, 0.05) is 23.1 Å². The van der Waals surface area contributed by atoms with Crippen molar-refractivity contribution in [1.29, 1.82) is 0 Å². The molecule has 9 heteroatoms. The van der Waals surface area contributed by atoms with Crippen LogP contribution >= 0.6 is 0 Å². The zero-order valence-corrected chi connectivity index (χ0v) is 16.4. The van der Waals surface area contributed by atoms with E-state index in [-0.39, 0.29) is 16.8 Å². The van der Waals surface area contributed by atoms with Crippen molar-refractivity contribution in [2.24, 2.45) is 0 Å². The monoisotopic (exact) mass is 426 g/mol. The molecule has 9 nitrogen and oxygen atoms in total. The Morgan fingerprint density at radius 1 is 1.00 bits per heavy atom. The van der Waals surface area contributed by atoms with Gasteiger partial charge in [-0.15, -0.1) is 0 Å². The van der Waals surface area contributed by atoms with Crippen molar-refractivity contribution < 1.29 is 14.8 Å². The van der Waals surface area contributed by atoms with Crippen molar-refractivity contribution in [2.75, 3.05) is 0 Å². The quantitative estimate of drug-likeness (QED) is 0.328. The zero-order valence-electron chi connectivity index (χ0n) is 16.4. The lowest BCUT2D eigenvalue weighted by molar-refractivity contribution is -0.384. The van der Waals surface area contributed by atoms with E-state index in [4.69, 9.17) is 5.11 Å². The number of aromatic nitrogens is 3. The Hall–Kier alpha value is -4.79. The highest BCUT2D eigenvalue weighted by atomic mass is 16.6. The van der Waals surface area contributed by atoms with E-state index in [0.717, 1.165) is 5.39 Å². The van der Waals surface area contributed by atoms with Gasteiger partial charge in [-0.05, 0) is 42.5 Å². The standard InChI is InChI=1S/C23H14N4O5/c28-22-19-20(13-5-11-16(12-6-13)27(31)32)24-18-4-2-1-3-17(18)21(19)25-26(22)15-9-7-14(8-10-15)23(29)30/h1-12,25H,(H,29,30). The Kier molecular flexibility index (Phi) is 4.30. The molecule has 5 rings (SSSR count). The molecule has 3 aromatic carbocycles. The van der Waals surface area contributed by atoms with Gasteiger partial charge in [0.1, 0.15) is 0 Å². The molecule has 0 saturated heterocycles. The predicted molar refractivity (Wildman–Crippen MR) is 118 cm³/mol. The summed E-state index contributed by atoms with van der Waals surface area (Å²) in [6, 6.07) is 19.1. The van der Waals surface area contributed by atoms with Crippen LogP contribution in [0.1, 0.15) is 10.4 Å². The molecular formula is C23H14N4O5. The number of carboxylic acid groups (broad SMARTS) is 1. The van der Waals surface area contributed by atoms with Crippen LogP contribution < -0.4 is 5.56 Å². The molecule has 0 atom stereocenters. The summed E-state index contributed by atoms with van der Waals surface area (Å²) in [5.41, 5.74) is 2.34. The van der Waals surface area contributed by atoms with Crippen molar-refractivity contribution in [3.8, 4) is 16.9 Å². The molecule has 0 spiro atoms. The van der Waals surface area contributed by atoms with Crippen LogP contribution in [-0.2, 0) is 0 Å². The van der Waals surface area contributed by atoms with Crippen LogP contribution in [0.3, 0.4) is 0 Å².